The van der Waals surface area contributed by atoms with Gasteiger partial charge in [-0.15, -0.1) is 0 Å². The van der Waals surface area contributed by atoms with Crippen LogP contribution in [0.25, 0.3) is 0 Å². The first-order valence-electron chi connectivity index (χ1n) is 9.13. The smallest absolute Gasteiger partial charge is 0.0246 e. The van der Waals surface area contributed by atoms with Gasteiger partial charge in [-0.25, -0.2) is 0 Å². The van der Waals surface area contributed by atoms with Crippen LogP contribution in [-0.4, -0.2) is 36.6 Å². The van der Waals surface area contributed by atoms with Crippen molar-refractivity contribution in [2.24, 2.45) is 5.41 Å². The maximum Gasteiger partial charge on any atom is 0.0246 e. The minimum atomic E-state index is 0.646. The highest BCUT2D eigenvalue weighted by Crippen LogP contribution is 2.38. The van der Waals surface area contributed by atoms with Gasteiger partial charge in [0.05, 0.1) is 0 Å². The van der Waals surface area contributed by atoms with Crippen molar-refractivity contribution in [1.29, 1.82) is 0 Å². The number of likely N-dealkylation sites (N-methyl/N-ethyl adjacent to an activating group) is 1. The van der Waals surface area contributed by atoms with Crippen LogP contribution in [0.3, 0.4) is 0 Å². The molecule has 0 aliphatic carbocycles. The Kier molecular flexibility index (Phi) is 8.13. The van der Waals surface area contributed by atoms with E-state index in [2.05, 4.69) is 44.8 Å². The lowest BCUT2D eigenvalue weighted by Crippen LogP contribution is -2.53. The number of nitrogens with one attached hydrogen (secondary N) is 1. The Labute approximate surface area is 127 Å². The van der Waals surface area contributed by atoms with Gasteiger partial charge >= 0.3 is 0 Å². The molecular weight excluding hydrogens is 244 g/mol. The van der Waals surface area contributed by atoms with Gasteiger partial charge in [0.15, 0.2) is 0 Å². The van der Waals surface area contributed by atoms with E-state index in [1.165, 1.54) is 58.0 Å². The molecule has 1 saturated heterocycles. The SMILES string of the molecule is CCCC(NCC)C(CC)N1CCC(CC)(CC)CC1. The molecule has 2 atom stereocenters. The molecule has 0 radical (unpaired) electrons. The molecule has 0 aromatic rings. The fourth-order valence-electron chi connectivity index (χ4n) is 4.09. The van der Waals surface area contributed by atoms with Gasteiger partial charge in [0.2, 0.25) is 0 Å². The largest absolute Gasteiger partial charge is 0.313 e. The molecule has 0 aromatic carbocycles. The predicted molar refractivity (Wildman–Crippen MR) is 90.3 cm³/mol. The van der Waals surface area contributed by atoms with Crippen molar-refractivity contribution in [2.45, 2.75) is 91.6 Å². The minimum Gasteiger partial charge on any atom is -0.313 e. The van der Waals surface area contributed by atoms with Crippen molar-refractivity contribution >= 4 is 0 Å². The van der Waals surface area contributed by atoms with Crippen LogP contribution in [0.1, 0.15) is 79.6 Å². The maximum atomic E-state index is 3.74. The third kappa shape index (κ3) is 4.46. The predicted octanol–water partition coefficient (Wildman–Crippen LogP) is 4.45. The normalized spacial score (nSPS) is 22.6. The molecule has 1 heterocycles. The van der Waals surface area contributed by atoms with E-state index in [0.717, 1.165) is 12.6 Å². The van der Waals surface area contributed by atoms with Crippen molar-refractivity contribution in [3.8, 4) is 0 Å². The molecule has 2 heteroatoms. The van der Waals surface area contributed by atoms with Gasteiger partial charge in [-0.1, -0.05) is 53.9 Å². The Morgan fingerprint density at radius 3 is 2.00 bits per heavy atom. The minimum absolute atomic E-state index is 0.646. The summed E-state index contributed by atoms with van der Waals surface area (Å²) in [4.78, 5) is 2.78. The topological polar surface area (TPSA) is 15.3 Å². The molecule has 0 amide bonds. The maximum absolute atomic E-state index is 3.74. The lowest BCUT2D eigenvalue weighted by atomic mass is 9.73. The molecular formula is C18H38N2. The van der Waals surface area contributed by atoms with E-state index in [1.54, 1.807) is 0 Å². The van der Waals surface area contributed by atoms with Crippen LogP contribution in [0.4, 0.5) is 0 Å². The second kappa shape index (κ2) is 9.04. The molecule has 2 nitrogen and oxygen atoms in total. The van der Waals surface area contributed by atoms with E-state index >= 15 is 0 Å². The number of likely N-dealkylation sites (tertiary alicyclic amines) is 1. The average Bonchev–Trinajstić information content (AvgIpc) is 2.49. The zero-order valence-electron chi connectivity index (χ0n) is 14.7. The van der Waals surface area contributed by atoms with Crippen molar-refractivity contribution in [1.82, 2.24) is 10.2 Å². The van der Waals surface area contributed by atoms with Gasteiger partial charge in [-0.2, -0.15) is 0 Å². The third-order valence-corrected chi connectivity index (χ3v) is 5.78. The van der Waals surface area contributed by atoms with Crippen LogP contribution < -0.4 is 5.32 Å². The molecule has 1 aliphatic rings. The Hall–Kier alpha value is -0.0800. The monoisotopic (exact) mass is 282 g/mol. The van der Waals surface area contributed by atoms with Crippen molar-refractivity contribution < 1.29 is 0 Å². The van der Waals surface area contributed by atoms with Crippen LogP contribution in [0.15, 0.2) is 0 Å². The summed E-state index contributed by atoms with van der Waals surface area (Å²) in [6.45, 7) is 15.4. The number of nitrogens with zero attached hydrogens (tertiary/aromatic N) is 1. The van der Waals surface area contributed by atoms with Crippen LogP contribution in [0.2, 0.25) is 0 Å². The molecule has 1 aliphatic heterocycles. The van der Waals surface area contributed by atoms with Gasteiger partial charge in [-0.05, 0) is 50.7 Å². The van der Waals surface area contributed by atoms with Gasteiger partial charge in [0, 0.05) is 12.1 Å². The van der Waals surface area contributed by atoms with E-state index < -0.39 is 0 Å². The van der Waals surface area contributed by atoms with Crippen LogP contribution in [0.5, 0.6) is 0 Å². The summed E-state index contributed by atoms with van der Waals surface area (Å²) in [6, 6.07) is 1.42. The van der Waals surface area contributed by atoms with Gasteiger partial charge in [-0.3, -0.25) is 4.90 Å². The summed E-state index contributed by atoms with van der Waals surface area (Å²) in [5.41, 5.74) is 0.646. The molecule has 0 aromatic heterocycles. The van der Waals surface area contributed by atoms with Crippen molar-refractivity contribution in [2.75, 3.05) is 19.6 Å². The van der Waals surface area contributed by atoms with Crippen LogP contribution in [0, 0.1) is 5.41 Å². The lowest BCUT2D eigenvalue weighted by Gasteiger charge is -2.46. The van der Waals surface area contributed by atoms with Gasteiger partial charge < -0.3 is 5.32 Å². The summed E-state index contributed by atoms with van der Waals surface area (Å²) in [7, 11) is 0. The summed E-state index contributed by atoms with van der Waals surface area (Å²) in [5, 5.41) is 3.74. The molecule has 120 valence electrons. The number of hydrogen-bond donors (Lipinski definition) is 1. The first-order valence-corrected chi connectivity index (χ1v) is 9.13. The Morgan fingerprint density at radius 1 is 1.00 bits per heavy atom. The quantitative estimate of drug-likeness (QED) is 0.672. The Morgan fingerprint density at radius 2 is 1.60 bits per heavy atom. The zero-order chi connectivity index (χ0) is 15.0. The lowest BCUT2D eigenvalue weighted by molar-refractivity contribution is 0.0496. The van der Waals surface area contributed by atoms with E-state index in [1.807, 2.05) is 0 Å². The molecule has 0 saturated carbocycles. The van der Waals surface area contributed by atoms with Crippen LogP contribution >= 0.6 is 0 Å². The number of hydrogen-bond acceptors (Lipinski definition) is 2. The van der Waals surface area contributed by atoms with Crippen molar-refractivity contribution in [3.05, 3.63) is 0 Å². The molecule has 2 unspecified atom stereocenters. The number of rotatable bonds is 9. The molecule has 1 fully saturated rings. The average molecular weight is 283 g/mol. The summed E-state index contributed by atoms with van der Waals surface area (Å²) < 4.78 is 0. The van der Waals surface area contributed by atoms with E-state index in [0.29, 0.717) is 11.5 Å². The summed E-state index contributed by atoms with van der Waals surface area (Å²) in [6.07, 6.45) is 9.41. The Bertz CT molecular complexity index is 232. The molecule has 1 N–H and O–H groups in total. The summed E-state index contributed by atoms with van der Waals surface area (Å²) in [5.74, 6) is 0. The van der Waals surface area contributed by atoms with Crippen molar-refractivity contribution in [3.63, 3.8) is 0 Å². The fraction of sp³-hybridized carbons (Fsp3) is 1.00. The number of piperidine rings is 1. The highest BCUT2D eigenvalue weighted by molar-refractivity contribution is 4.90. The summed E-state index contributed by atoms with van der Waals surface area (Å²) >= 11 is 0. The molecule has 0 bridgehead atoms. The fourth-order valence-corrected chi connectivity index (χ4v) is 4.09. The first-order chi connectivity index (χ1) is 9.66. The first kappa shape index (κ1) is 18.0. The molecule has 20 heavy (non-hydrogen) atoms. The highest BCUT2D eigenvalue weighted by Gasteiger charge is 2.35. The zero-order valence-corrected chi connectivity index (χ0v) is 14.7. The standard InChI is InChI=1S/C18H38N2/c1-6-11-16(19-10-5)17(7-2)20-14-12-18(8-3,9-4)13-15-20/h16-17,19H,6-15H2,1-5H3. The van der Waals surface area contributed by atoms with Gasteiger partial charge in [0.25, 0.3) is 0 Å². The highest BCUT2D eigenvalue weighted by atomic mass is 15.2. The van der Waals surface area contributed by atoms with E-state index in [9.17, 15) is 0 Å². The third-order valence-electron chi connectivity index (χ3n) is 5.78. The molecule has 1 rings (SSSR count). The second-order valence-electron chi connectivity index (χ2n) is 6.67. The van der Waals surface area contributed by atoms with E-state index in [-0.39, 0.29) is 0 Å². The van der Waals surface area contributed by atoms with E-state index in [4.69, 9.17) is 0 Å². The van der Waals surface area contributed by atoms with Gasteiger partial charge in [0.1, 0.15) is 0 Å². The Balaban J connectivity index is 2.63. The second-order valence-corrected chi connectivity index (χ2v) is 6.67. The molecule has 0 spiro atoms. The van der Waals surface area contributed by atoms with Crippen LogP contribution in [-0.2, 0) is 0 Å².